The van der Waals surface area contributed by atoms with Crippen molar-refractivity contribution in [3.63, 3.8) is 0 Å². The Morgan fingerprint density at radius 1 is 1.22 bits per heavy atom. The molecule has 1 aliphatic heterocycles. The molecule has 1 amide bonds. The largest absolute Gasteiger partial charge is 0.481 e. The van der Waals surface area contributed by atoms with E-state index in [1.54, 1.807) is 6.20 Å². The number of hydrogen-bond donors (Lipinski definition) is 1. The lowest BCUT2D eigenvalue weighted by atomic mass is 9.97. The van der Waals surface area contributed by atoms with E-state index in [-0.39, 0.29) is 18.4 Å². The minimum atomic E-state index is -0.813. The zero-order valence-electron chi connectivity index (χ0n) is 16.2. The van der Waals surface area contributed by atoms with Crippen LogP contribution in [0.1, 0.15) is 59.3 Å². The lowest BCUT2D eigenvalue weighted by molar-refractivity contribution is -0.137. The highest BCUT2D eigenvalue weighted by Crippen LogP contribution is 2.25. The molecule has 3 rings (SSSR count). The predicted octanol–water partition coefficient (Wildman–Crippen LogP) is 3.66. The molecule has 1 fully saturated rings. The number of carboxylic acids is 1. The maximum absolute atomic E-state index is 13.2. The van der Waals surface area contributed by atoms with Crippen LogP contribution in [-0.4, -0.2) is 44.3 Å². The van der Waals surface area contributed by atoms with E-state index in [4.69, 9.17) is 5.11 Å². The second kappa shape index (κ2) is 7.94. The summed E-state index contributed by atoms with van der Waals surface area (Å²) in [7, 11) is 0. The van der Waals surface area contributed by atoms with Crippen molar-refractivity contribution in [2.24, 2.45) is 0 Å². The minimum absolute atomic E-state index is 0.00851. The van der Waals surface area contributed by atoms with E-state index in [1.807, 2.05) is 30.4 Å². The highest BCUT2D eigenvalue weighted by atomic mass is 16.4. The average molecular weight is 369 g/mol. The number of likely N-dealkylation sites (tertiary alicyclic amines) is 1. The summed E-state index contributed by atoms with van der Waals surface area (Å²) >= 11 is 0. The molecule has 144 valence electrons. The van der Waals surface area contributed by atoms with Crippen molar-refractivity contribution in [2.45, 2.75) is 58.9 Å². The summed E-state index contributed by atoms with van der Waals surface area (Å²) in [5.74, 6) is -0.856. The predicted molar refractivity (Wildman–Crippen MR) is 103 cm³/mol. The van der Waals surface area contributed by atoms with E-state index in [0.29, 0.717) is 18.5 Å². The van der Waals surface area contributed by atoms with Crippen LogP contribution in [0.25, 0.3) is 5.69 Å². The fourth-order valence-electron chi connectivity index (χ4n) is 3.82. The molecule has 1 aliphatic rings. The van der Waals surface area contributed by atoms with Gasteiger partial charge < -0.3 is 10.0 Å². The van der Waals surface area contributed by atoms with Gasteiger partial charge in [-0.15, -0.1) is 0 Å². The first kappa shape index (κ1) is 19.1. The van der Waals surface area contributed by atoms with Crippen LogP contribution in [0.2, 0.25) is 0 Å². The van der Waals surface area contributed by atoms with E-state index in [2.05, 4.69) is 23.3 Å². The quantitative estimate of drug-likeness (QED) is 0.873. The topological polar surface area (TPSA) is 75.4 Å². The van der Waals surface area contributed by atoms with E-state index in [0.717, 1.165) is 41.8 Å². The first-order valence-corrected chi connectivity index (χ1v) is 9.53. The van der Waals surface area contributed by atoms with Crippen molar-refractivity contribution in [1.82, 2.24) is 14.7 Å². The van der Waals surface area contributed by atoms with Gasteiger partial charge in [-0.2, -0.15) is 5.10 Å². The maximum Gasteiger partial charge on any atom is 0.303 e. The molecule has 1 aromatic carbocycles. The maximum atomic E-state index is 13.2. The van der Waals surface area contributed by atoms with Gasteiger partial charge >= 0.3 is 5.97 Å². The summed E-state index contributed by atoms with van der Waals surface area (Å²) in [5, 5.41) is 13.5. The van der Waals surface area contributed by atoms with Crippen molar-refractivity contribution < 1.29 is 14.7 Å². The first-order valence-electron chi connectivity index (χ1n) is 9.53. The molecule has 1 aromatic heterocycles. The molecule has 0 saturated carbocycles. The number of benzene rings is 1. The summed E-state index contributed by atoms with van der Waals surface area (Å²) < 4.78 is 1.83. The van der Waals surface area contributed by atoms with Crippen LogP contribution in [0.15, 0.2) is 24.4 Å². The monoisotopic (exact) mass is 369 g/mol. The number of carboxylic acid groups (broad SMARTS) is 1. The van der Waals surface area contributed by atoms with E-state index in [9.17, 15) is 9.59 Å². The van der Waals surface area contributed by atoms with E-state index >= 15 is 0 Å². The second-order valence-electron chi connectivity index (χ2n) is 7.43. The zero-order chi connectivity index (χ0) is 19.6. The number of rotatable bonds is 5. The van der Waals surface area contributed by atoms with Crippen molar-refractivity contribution >= 4 is 11.9 Å². The molecule has 1 N–H and O–H groups in total. The number of piperidine rings is 1. The molecule has 6 heteroatoms. The SMILES string of the molecule is Cc1ccc(C)c(-n2ncc(C(=O)N3CCCCC3CCC(=O)O)c2C)c1. The lowest BCUT2D eigenvalue weighted by Crippen LogP contribution is -2.44. The Kier molecular flexibility index (Phi) is 5.63. The zero-order valence-corrected chi connectivity index (χ0v) is 16.2. The Morgan fingerprint density at radius 2 is 2.00 bits per heavy atom. The van der Waals surface area contributed by atoms with Crippen LogP contribution in [-0.2, 0) is 4.79 Å². The van der Waals surface area contributed by atoms with Crippen LogP contribution < -0.4 is 0 Å². The van der Waals surface area contributed by atoms with Gasteiger partial charge in [0.05, 0.1) is 23.1 Å². The number of aryl methyl sites for hydroxylation is 2. The Hall–Kier alpha value is -2.63. The van der Waals surface area contributed by atoms with Crippen molar-refractivity contribution in [1.29, 1.82) is 0 Å². The normalized spacial score (nSPS) is 17.1. The summed E-state index contributed by atoms with van der Waals surface area (Å²) in [4.78, 5) is 26.0. The molecule has 2 aromatic rings. The third kappa shape index (κ3) is 4.04. The molecule has 6 nitrogen and oxygen atoms in total. The van der Waals surface area contributed by atoms with Crippen LogP contribution in [0, 0.1) is 20.8 Å². The molecule has 1 saturated heterocycles. The van der Waals surface area contributed by atoms with Gasteiger partial charge in [0.15, 0.2) is 0 Å². The third-order valence-electron chi connectivity index (χ3n) is 5.41. The number of carbonyl (C=O) groups excluding carboxylic acids is 1. The summed E-state index contributed by atoms with van der Waals surface area (Å²) in [6, 6.07) is 6.18. The standard InChI is InChI=1S/C21H27N3O3/c1-14-7-8-15(2)19(12-14)24-16(3)18(13-22-24)21(27)23-11-5-4-6-17(23)9-10-20(25)26/h7-8,12-13,17H,4-6,9-11H2,1-3H3,(H,25,26). The second-order valence-corrected chi connectivity index (χ2v) is 7.43. The van der Waals surface area contributed by atoms with Crippen molar-refractivity contribution in [2.75, 3.05) is 6.54 Å². The molecule has 2 heterocycles. The van der Waals surface area contributed by atoms with E-state index in [1.165, 1.54) is 0 Å². The van der Waals surface area contributed by atoms with Gasteiger partial charge in [0, 0.05) is 19.0 Å². The van der Waals surface area contributed by atoms with Gasteiger partial charge in [-0.1, -0.05) is 12.1 Å². The smallest absolute Gasteiger partial charge is 0.303 e. The Balaban J connectivity index is 1.87. The number of carbonyl (C=O) groups is 2. The van der Waals surface area contributed by atoms with Crippen LogP contribution >= 0.6 is 0 Å². The molecular weight excluding hydrogens is 342 g/mol. The number of aromatic nitrogens is 2. The molecule has 0 spiro atoms. The third-order valence-corrected chi connectivity index (χ3v) is 5.41. The van der Waals surface area contributed by atoms with Gasteiger partial charge in [-0.3, -0.25) is 9.59 Å². The number of nitrogens with zero attached hydrogens (tertiary/aromatic N) is 3. The number of amides is 1. The highest BCUT2D eigenvalue weighted by molar-refractivity contribution is 5.95. The Labute approximate surface area is 159 Å². The summed E-state index contributed by atoms with van der Waals surface area (Å²) in [6.07, 6.45) is 5.10. The average Bonchev–Trinajstić information content (AvgIpc) is 3.03. The molecule has 0 aliphatic carbocycles. The highest BCUT2D eigenvalue weighted by Gasteiger charge is 2.30. The fourth-order valence-corrected chi connectivity index (χ4v) is 3.82. The van der Waals surface area contributed by atoms with Crippen molar-refractivity contribution in [3.05, 3.63) is 46.8 Å². The van der Waals surface area contributed by atoms with E-state index < -0.39 is 5.97 Å². The molecule has 1 atom stereocenters. The first-order chi connectivity index (χ1) is 12.9. The fraction of sp³-hybridized carbons (Fsp3) is 0.476. The van der Waals surface area contributed by atoms with Gasteiger partial charge in [0.1, 0.15) is 0 Å². The van der Waals surface area contributed by atoms with Crippen molar-refractivity contribution in [3.8, 4) is 5.69 Å². The molecule has 0 radical (unpaired) electrons. The minimum Gasteiger partial charge on any atom is -0.481 e. The summed E-state index contributed by atoms with van der Waals surface area (Å²) in [6.45, 7) is 6.66. The lowest BCUT2D eigenvalue weighted by Gasteiger charge is -2.35. The van der Waals surface area contributed by atoms with Gasteiger partial charge in [0.2, 0.25) is 0 Å². The van der Waals surface area contributed by atoms with Gasteiger partial charge in [-0.25, -0.2) is 4.68 Å². The number of aliphatic carboxylic acids is 1. The van der Waals surface area contributed by atoms with Crippen LogP contribution in [0.3, 0.4) is 0 Å². The Bertz CT molecular complexity index is 856. The molecule has 1 unspecified atom stereocenters. The van der Waals surface area contributed by atoms with Gasteiger partial charge in [-0.05, 0) is 63.6 Å². The molecule has 0 bridgehead atoms. The molecule has 27 heavy (non-hydrogen) atoms. The Morgan fingerprint density at radius 3 is 2.74 bits per heavy atom. The summed E-state index contributed by atoms with van der Waals surface area (Å²) in [5.41, 5.74) is 4.63. The number of hydrogen-bond acceptors (Lipinski definition) is 3. The van der Waals surface area contributed by atoms with Crippen LogP contribution in [0.5, 0.6) is 0 Å². The van der Waals surface area contributed by atoms with Gasteiger partial charge in [0.25, 0.3) is 5.91 Å². The molecular formula is C21H27N3O3. The van der Waals surface area contributed by atoms with Crippen LogP contribution in [0.4, 0.5) is 0 Å².